The van der Waals surface area contributed by atoms with Gasteiger partial charge in [0, 0.05) is 58.6 Å². The van der Waals surface area contributed by atoms with Crippen molar-refractivity contribution in [2.75, 3.05) is 38.1 Å². The lowest BCUT2D eigenvalue weighted by Crippen LogP contribution is -2.52. The summed E-state index contributed by atoms with van der Waals surface area (Å²) < 4.78 is 2.21. The molecule has 0 saturated carbocycles. The number of guanidine groups is 1. The highest BCUT2D eigenvalue weighted by molar-refractivity contribution is 5.80. The highest BCUT2D eigenvalue weighted by atomic mass is 15.4. The molecule has 2 aromatic rings. The minimum atomic E-state index is 0.654. The minimum absolute atomic E-state index is 0.654. The number of hydrogen-bond acceptors (Lipinski definition) is 6. The molecule has 4 rings (SSSR count). The van der Waals surface area contributed by atoms with Crippen molar-refractivity contribution in [1.82, 2.24) is 34.9 Å². The van der Waals surface area contributed by atoms with E-state index in [-0.39, 0.29) is 0 Å². The third kappa shape index (κ3) is 3.26. The van der Waals surface area contributed by atoms with Crippen LogP contribution in [-0.2, 0) is 19.5 Å². The molecule has 1 N–H and O–H groups in total. The monoisotopic (exact) mass is 341 g/mol. The van der Waals surface area contributed by atoms with E-state index in [2.05, 4.69) is 44.8 Å². The highest BCUT2D eigenvalue weighted by Gasteiger charge is 2.22. The van der Waals surface area contributed by atoms with E-state index >= 15 is 0 Å². The molecule has 1 saturated heterocycles. The van der Waals surface area contributed by atoms with Gasteiger partial charge in [-0.15, -0.1) is 10.2 Å². The van der Waals surface area contributed by atoms with E-state index in [1.54, 1.807) is 12.4 Å². The average Bonchev–Trinajstić information content (AvgIpc) is 3.28. The number of aryl methyl sites for hydroxylation is 1. The SMILES string of the molecule is CN=C(NCc1nnc2n1CCC2)N1CCN(c2ncccn2)CC1. The largest absolute Gasteiger partial charge is 0.349 e. The van der Waals surface area contributed by atoms with Gasteiger partial charge in [-0.1, -0.05) is 0 Å². The lowest BCUT2D eigenvalue weighted by atomic mass is 10.3. The van der Waals surface area contributed by atoms with Gasteiger partial charge in [0.2, 0.25) is 5.95 Å². The van der Waals surface area contributed by atoms with Gasteiger partial charge in [-0.25, -0.2) is 9.97 Å². The first-order chi connectivity index (χ1) is 12.3. The van der Waals surface area contributed by atoms with Gasteiger partial charge in [0.15, 0.2) is 11.8 Å². The molecule has 0 radical (unpaired) electrons. The van der Waals surface area contributed by atoms with Gasteiger partial charge in [-0.2, -0.15) is 0 Å². The van der Waals surface area contributed by atoms with E-state index < -0.39 is 0 Å². The Hall–Kier alpha value is -2.71. The predicted octanol–water partition coefficient (Wildman–Crippen LogP) is -0.0881. The van der Waals surface area contributed by atoms with Crippen molar-refractivity contribution in [2.24, 2.45) is 4.99 Å². The Morgan fingerprint density at radius 2 is 1.92 bits per heavy atom. The van der Waals surface area contributed by atoms with E-state index in [1.165, 1.54) is 0 Å². The van der Waals surface area contributed by atoms with Crippen molar-refractivity contribution in [3.8, 4) is 0 Å². The van der Waals surface area contributed by atoms with Crippen LogP contribution < -0.4 is 10.2 Å². The van der Waals surface area contributed by atoms with Gasteiger partial charge in [-0.3, -0.25) is 4.99 Å². The van der Waals surface area contributed by atoms with Crippen LogP contribution in [0.15, 0.2) is 23.5 Å². The van der Waals surface area contributed by atoms with Crippen LogP contribution in [0.1, 0.15) is 18.1 Å². The third-order valence-electron chi connectivity index (χ3n) is 4.72. The second-order valence-corrected chi connectivity index (χ2v) is 6.21. The number of anilines is 1. The molecule has 2 aliphatic rings. The number of aromatic nitrogens is 5. The molecule has 1 fully saturated rings. The Labute approximate surface area is 146 Å². The zero-order valence-corrected chi connectivity index (χ0v) is 14.5. The maximum Gasteiger partial charge on any atom is 0.225 e. The van der Waals surface area contributed by atoms with E-state index in [9.17, 15) is 0 Å². The van der Waals surface area contributed by atoms with Gasteiger partial charge < -0.3 is 19.7 Å². The standard InChI is InChI=1S/C16H23N9/c1-17-15(20-12-14-22-21-13-4-2-7-25(13)14)23-8-10-24(11-9-23)16-18-5-3-6-19-16/h3,5-6H,2,4,7-12H2,1H3,(H,17,20). The fourth-order valence-electron chi connectivity index (χ4n) is 3.40. The van der Waals surface area contributed by atoms with Crippen LogP contribution in [0, 0.1) is 0 Å². The van der Waals surface area contributed by atoms with E-state index in [4.69, 9.17) is 0 Å². The fourth-order valence-corrected chi connectivity index (χ4v) is 3.40. The summed E-state index contributed by atoms with van der Waals surface area (Å²) in [6, 6.07) is 1.84. The van der Waals surface area contributed by atoms with Gasteiger partial charge in [0.1, 0.15) is 5.82 Å². The van der Waals surface area contributed by atoms with Crippen LogP contribution >= 0.6 is 0 Å². The summed E-state index contributed by atoms with van der Waals surface area (Å²) in [4.78, 5) is 17.6. The molecule has 2 aliphatic heterocycles. The van der Waals surface area contributed by atoms with Gasteiger partial charge >= 0.3 is 0 Å². The molecule has 4 heterocycles. The first-order valence-electron chi connectivity index (χ1n) is 8.73. The number of rotatable bonds is 3. The fraction of sp³-hybridized carbons (Fsp3) is 0.562. The first kappa shape index (κ1) is 15.8. The summed E-state index contributed by atoms with van der Waals surface area (Å²) in [6.07, 6.45) is 5.76. The summed E-state index contributed by atoms with van der Waals surface area (Å²) in [5.74, 6) is 3.79. The summed E-state index contributed by atoms with van der Waals surface area (Å²) in [6.45, 7) is 5.21. The van der Waals surface area contributed by atoms with Crippen molar-refractivity contribution in [1.29, 1.82) is 0 Å². The number of hydrogen-bond donors (Lipinski definition) is 1. The molecule has 25 heavy (non-hydrogen) atoms. The van der Waals surface area contributed by atoms with Gasteiger partial charge in [-0.05, 0) is 12.5 Å². The number of nitrogens with zero attached hydrogens (tertiary/aromatic N) is 8. The second-order valence-electron chi connectivity index (χ2n) is 6.21. The Morgan fingerprint density at radius 1 is 1.12 bits per heavy atom. The summed E-state index contributed by atoms with van der Waals surface area (Å²) in [5, 5.41) is 12.0. The van der Waals surface area contributed by atoms with Crippen LogP contribution in [0.4, 0.5) is 5.95 Å². The normalized spacial score (nSPS) is 17.7. The number of nitrogens with one attached hydrogen (secondary N) is 1. The molecule has 0 bridgehead atoms. The maximum absolute atomic E-state index is 4.43. The summed E-state index contributed by atoms with van der Waals surface area (Å²) >= 11 is 0. The van der Waals surface area contributed by atoms with Gasteiger partial charge in [0.05, 0.1) is 6.54 Å². The molecule has 0 amide bonds. The van der Waals surface area contributed by atoms with Crippen LogP contribution in [0.5, 0.6) is 0 Å². The molecule has 9 nitrogen and oxygen atoms in total. The van der Waals surface area contributed by atoms with Gasteiger partial charge in [0.25, 0.3) is 0 Å². The quantitative estimate of drug-likeness (QED) is 0.617. The summed E-state index contributed by atoms with van der Waals surface area (Å²) in [7, 11) is 1.82. The van der Waals surface area contributed by atoms with E-state index in [0.717, 1.165) is 69.1 Å². The van der Waals surface area contributed by atoms with E-state index in [1.807, 2.05) is 13.1 Å². The molecule has 0 aliphatic carbocycles. The van der Waals surface area contributed by atoms with E-state index in [0.29, 0.717) is 6.54 Å². The van der Waals surface area contributed by atoms with Crippen LogP contribution in [0.3, 0.4) is 0 Å². The zero-order chi connectivity index (χ0) is 17.1. The zero-order valence-electron chi connectivity index (χ0n) is 14.5. The lowest BCUT2D eigenvalue weighted by molar-refractivity contribution is 0.369. The van der Waals surface area contributed by atoms with Crippen LogP contribution in [-0.4, -0.2) is 68.8 Å². The molecule has 0 unspecified atom stereocenters. The van der Waals surface area contributed by atoms with Crippen molar-refractivity contribution < 1.29 is 0 Å². The van der Waals surface area contributed by atoms with Crippen molar-refractivity contribution in [3.63, 3.8) is 0 Å². The summed E-state index contributed by atoms with van der Waals surface area (Å²) in [5.41, 5.74) is 0. The highest BCUT2D eigenvalue weighted by Crippen LogP contribution is 2.14. The topological polar surface area (TPSA) is 87.4 Å². The second kappa shape index (κ2) is 7.04. The average molecular weight is 341 g/mol. The number of fused-ring (bicyclic) bond motifs is 1. The first-order valence-corrected chi connectivity index (χ1v) is 8.73. The Kier molecular flexibility index (Phi) is 4.45. The molecule has 132 valence electrons. The third-order valence-corrected chi connectivity index (χ3v) is 4.72. The Balaban J connectivity index is 1.33. The van der Waals surface area contributed by atoms with Crippen molar-refractivity contribution >= 4 is 11.9 Å². The molecule has 0 atom stereocenters. The smallest absolute Gasteiger partial charge is 0.225 e. The Bertz CT molecular complexity index is 731. The molecule has 2 aromatic heterocycles. The predicted molar refractivity (Wildman–Crippen MR) is 94.4 cm³/mol. The van der Waals surface area contributed by atoms with Crippen LogP contribution in [0.2, 0.25) is 0 Å². The lowest BCUT2D eigenvalue weighted by Gasteiger charge is -2.36. The maximum atomic E-state index is 4.43. The number of aliphatic imine (C=N–C) groups is 1. The number of piperazine rings is 1. The Morgan fingerprint density at radius 3 is 2.68 bits per heavy atom. The molecule has 9 heteroatoms. The molecule has 0 aromatic carbocycles. The minimum Gasteiger partial charge on any atom is -0.349 e. The molecular formula is C16H23N9. The van der Waals surface area contributed by atoms with Crippen molar-refractivity contribution in [3.05, 3.63) is 30.1 Å². The molecule has 0 spiro atoms. The van der Waals surface area contributed by atoms with Crippen molar-refractivity contribution in [2.45, 2.75) is 25.9 Å². The molecular weight excluding hydrogens is 318 g/mol. The van der Waals surface area contributed by atoms with Crippen LogP contribution in [0.25, 0.3) is 0 Å².